The van der Waals surface area contributed by atoms with Crippen LogP contribution >= 0.6 is 0 Å². The average Bonchev–Trinajstić information content (AvgIpc) is 3.40. The van der Waals surface area contributed by atoms with Crippen molar-refractivity contribution in [3.05, 3.63) is 125 Å². The number of hydrogen-bond donors (Lipinski definition) is 0. The second kappa shape index (κ2) is 11.7. The number of pyridine rings is 3. The summed E-state index contributed by atoms with van der Waals surface area (Å²) < 4.78 is 6.41. The van der Waals surface area contributed by atoms with Crippen molar-refractivity contribution in [1.82, 2.24) is 15.0 Å². The van der Waals surface area contributed by atoms with Gasteiger partial charge in [0.1, 0.15) is 5.58 Å². The van der Waals surface area contributed by atoms with Crippen molar-refractivity contribution in [2.45, 2.75) is 59.3 Å². The maximum absolute atomic E-state index is 6.41. The van der Waals surface area contributed by atoms with Gasteiger partial charge in [0.15, 0.2) is 0 Å². The molecule has 0 aliphatic carbocycles. The lowest BCUT2D eigenvalue weighted by atomic mass is 9.92. The van der Waals surface area contributed by atoms with E-state index in [4.69, 9.17) is 14.4 Å². The summed E-state index contributed by atoms with van der Waals surface area (Å²) in [6, 6.07) is 30.2. The lowest BCUT2D eigenvalue weighted by molar-refractivity contribution is 0.653. The van der Waals surface area contributed by atoms with Gasteiger partial charge in [0.2, 0.25) is 5.71 Å². The van der Waals surface area contributed by atoms with Crippen LogP contribution < -0.4 is 0 Å². The van der Waals surface area contributed by atoms with E-state index in [1.165, 1.54) is 33.0 Å². The van der Waals surface area contributed by atoms with Crippen LogP contribution in [-0.2, 0) is 12.8 Å². The highest BCUT2D eigenvalue weighted by Gasteiger charge is 2.18. The summed E-state index contributed by atoms with van der Waals surface area (Å²) in [5.74, 6) is 0.450. The van der Waals surface area contributed by atoms with Crippen LogP contribution in [0.25, 0.3) is 55.4 Å². The number of aromatic nitrogens is 3. The average molecular weight is 576 g/mol. The number of rotatable bonds is 8. The van der Waals surface area contributed by atoms with E-state index >= 15 is 0 Å². The molecule has 0 aliphatic heterocycles. The fourth-order valence-corrected chi connectivity index (χ4v) is 6.26. The minimum atomic E-state index is 0.450. The van der Waals surface area contributed by atoms with Gasteiger partial charge in [-0.15, -0.1) is 0 Å². The molecule has 7 rings (SSSR count). The molecule has 0 saturated heterocycles. The Hall–Kier alpha value is -4.83. The molecule has 0 saturated carbocycles. The first kappa shape index (κ1) is 28.0. The van der Waals surface area contributed by atoms with Crippen LogP contribution in [0, 0.1) is 13.8 Å². The summed E-state index contributed by atoms with van der Waals surface area (Å²) in [5.41, 5.74) is 11.8. The second-order valence-corrected chi connectivity index (χ2v) is 12.3. The van der Waals surface area contributed by atoms with Crippen LogP contribution in [0.15, 0.2) is 102 Å². The van der Waals surface area contributed by atoms with Gasteiger partial charge >= 0.3 is 0 Å². The van der Waals surface area contributed by atoms with Gasteiger partial charge in [-0.25, -0.2) is 4.98 Å². The van der Waals surface area contributed by atoms with Gasteiger partial charge in [0.05, 0.1) is 11.4 Å². The van der Waals surface area contributed by atoms with Gasteiger partial charge in [-0.1, -0.05) is 68.4 Å². The molecule has 0 aliphatic rings. The summed E-state index contributed by atoms with van der Waals surface area (Å²) in [6.07, 6.45) is 8.31. The van der Waals surface area contributed by atoms with Crippen LogP contribution in [0.4, 0.5) is 0 Å². The number of aryl methyl sites for hydroxylation is 4. The van der Waals surface area contributed by atoms with Gasteiger partial charge in [0.25, 0.3) is 0 Å². The van der Waals surface area contributed by atoms with Gasteiger partial charge < -0.3 is 4.42 Å². The molecule has 4 heteroatoms. The van der Waals surface area contributed by atoms with Gasteiger partial charge in [-0.05, 0) is 103 Å². The number of nitrogens with zero attached hydrogens (tertiary/aromatic N) is 3. The molecule has 44 heavy (non-hydrogen) atoms. The first-order valence-corrected chi connectivity index (χ1v) is 15.7. The van der Waals surface area contributed by atoms with Crippen LogP contribution in [0.2, 0.25) is 0 Å². The highest BCUT2D eigenvalue weighted by Crippen LogP contribution is 2.39. The van der Waals surface area contributed by atoms with Crippen molar-refractivity contribution in [3.8, 4) is 22.5 Å². The van der Waals surface area contributed by atoms with Gasteiger partial charge in [-0.3, -0.25) is 9.97 Å². The summed E-state index contributed by atoms with van der Waals surface area (Å²) in [6.45, 7) is 8.65. The standard InChI is InChI=1S/C40H37N3O/c1-25(2)30-16-18-32-34(22-30)31(13-9-8-10-28-15-19-37(41-23-28)29-11-6-5-7-12-29)24-42-38(32)36-21-26(3)20-35-33-17-14-27(4)43-40(33)44-39(35)36/h5-7,11-12,14-25H,8-10,13H2,1-4H3. The number of benzene rings is 3. The molecule has 4 nitrogen and oxygen atoms in total. The monoisotopic (exact) mass is 575 g/mol. The largest absolute Gasteiger partial charge is 0.437 e. The first-order chi connectivity index (χ1) is 21.4. The van der Waals surface area contributed by atoms with Crippen molar-refractivity contribution in [2.24, 2.45) is 0 Å². The SMILES string of the molecule is Cc1cc(-c2ncc(CCCCc3ccc(-c4ccccc4)nc3)c3cc(C(C)C)ccc23)c2oc3nc(C)ccc3c2c1. The summed E-state index contributed by atoms with van der Waals surface area (Å²) in [4.78, 5) is 14.5. The first-order valence-electron chi connectivity index (χ1n) is 15.7. The zero-order chi connectivity index (χ0) is 30.2. The molecular formula is C40H37N3O. The normalized spacial score (nSPS) is 11.8. The van der Waals surface area contributed by atoms with Gasteiger partial charge in [0, 0.05) is 45.4 Å². The molecule has 0 bridgehead atoms. The molecule has 3 aromatic carbocycles. The topological polar surface area (TPSA) is 51.8 Å². The molecule has 218 valence electrons. The van der Waals surface area contributed by atoms with E-state index < -0.39 is 0 Å². The number of furan rings is 1. The van der Waals surface area contributed by atoms with E-state index in [0.29, 0.717) is 11.6 Å². The second-order valence-electron chi connectivity index (χ2n) is 12.3. The predicted molar refractivity (Wildman–Crippen MR) is 182 cm³/mol. The van der Waals surface area contributed by atoms with Crippen LogP contribution in [0.5, 0.6) is 0 Å². The van der Waals surface area contributed by atoms with E-state index in [9.17, 15) is 0 Å². The molecule has 0 amide bonds. The zero-order valence-electron chi connectivity index (χ0n) is 25.9. The Bertz CT molecular complexity index is 2110. The third-order valence-electron chi connectivity index (χ3n) is 8.69. The third kappa shape index (κ3) is 5.37. The van der Waals surface area contributed by atoms with Gasteiger partial charge in [-0.2, -0.15) is 0 Å². The van der Waals surface area contributed by atoms with Crippen LogP contribution in [-0.4, -0.2) is 15.0 Å². The van der Waals surface area contributed by atoms with Crippen molar-refractivity contribution < 1.29 is 4.42 Å². The Balaban J connectivity index is 1.19. The zero-order valence-corrected chi connectivity index (χ0v) is 25.9. The highest BCUT2D eigenvalue weighted by atomic mass is 16.3. The Morgan fingerprint density at radius 3 is 2.32 bits per heavy atom. The molecule has 0 unspecified atom stereocenters. The molecule has 0 fully saturated rings. The maximum Gasteiger partial charge on any atom is 0.227 e. The molecule has 4 heterocycles. The summed E-state index contributed by atoms with van der Waals surface area (Å²) in [7, 11) is 0. The minimum absolute atomic E-state index is 0.450. The summed E-state index contributed by atoms with van der Waals surface area (Å²) in [5, 5.41) is 4.59. The van der Waals surface area contributed by atoms with Crippen molar-refractivity contribution in [3.63, 3.8) is 0 Å². The molecule has 0 N–H and O–H groups in total. The van der Waals surface area contributed by atoms with Crippen molar-refractivity contribution >= 4 is 32.8 Å². The molecule has 0 atom stereocenters. The van der Waals surface area contributed by atoms with Crippen LogP contribution in [0.1, 0.15) is 60.6 Å². The molecule has 0 radical (unpaired) electrons. The Morgan fingerprint density at radius 1 is 0.705 bits per heavy atom. The minimum Gasteiger partial charge on any atom is -0.437 e. The number of hydrogen-bond acceptors (Lipinski definition) is 4. The molecule has 0 spiro atoms. The lowest BCUT2D eigenvalue weighted by Crippen LogP contribution is -1.97. The van der Waals surface area contributed by atoms with Crippen LogP contribution in [0.3, 0.4) is 0 Å². The fourth-order valence-electron chi connectivity index (χ4n) is 6.26. The Labute approximate surface area is 258 Å². The Morgan fingerprint density at radius 2 is 1.52 bits per heavy atom. The smallest absolute Gasteiger partial charge is 0.227 e. The van der Waals surface area contributed by atoms with E-state index in [2.05, 4.69) is 105 Å². The van der Waals surface area contributed by atoms with E-state index in [1.807, 2.05) is 25.3 Å². The lowest BCUT2D eigenvalue weighted by Gasteiger charge is -2.14. The van der Waals surface area contributed by atoms with E-state index in [-0.39, 0.29) is 0 Å². The maximum atomic E-state index is 6.41. The number of fused-ring (bicyclic) bond motifs is 4. The van der Waals surface area contributed by atoms with Crippen molar-refractivity contribution in [2.75, 3.05) is 0 Å². The molecular weight excluding hydrogens is 538 g/mol. The number of unbranched alkanes of at least 4 members (excludes halogenated alkanes) is 1. The predicted octanol–water partition coefficient (Wildman–Crippen LogP) is 10.6. The highest BCUT2D eigenvalue weighted by molar-refractivity contribution is 6.11. The molecule has 7 aromatic rings. The quantitative estimate of drug-likeness (QED) is 0.169. The molecule has 4 aromatic heterocycles. The van der Waals surface area contributed by atoms with Crippen molar-refractivity contribution in [1.29, 1.82) is 0 Å². The van der Waals surface area contributed by atoms with E-state index in [0.717, 1.165) is 70.2 Å². The fraction of sp³-hybridized carbons (Fsp3) is 0.225. The van der Waals surface area contributed by atoms with E-state index in [1.54, 1.807) is 0 Å². The summed E-state index contributed by atoms with van der Waals surface area (Å²) >= 11 is 0. The third-order valence-corrected chi connectivity index (χ3v) is 8.69. The Kier molecular flexibility index (Phi) is 7.43.